The summed E-state index contributed by atoms with van der Waals surface area (Å²) >= 11 is 0. The summed E-state index contributed by atoms with van der Waals surface area (Å²) in [5.41, 5.74) is 0.540. The number of benzene rings is 2. The second-order valence-corrected chi connectivity index (χ2v) is 4.58. The molecule has 0 aliphatic rings. The molecular weight excluding hydrogens is 286 g/mol. The van der Waals surface area contributed by atoms with E-state index < -0.39 is 10.8 Å². The van der Waals surface area contributed by atoms with Crippen LogP contribution in [0, 0.1) is 10.1 Å². The Morgan fingerprint density at radius 2 is 1.73 bits per heavy atom. The summed E-state index contributed by atoms with van der Waals surface area (Å²) in [5.74, 6) is -0.662. The quantitative estimate of drug-likeness (QED) is 0.454. The zero-order valence-corrected chi connectivity index (χ0v) is 11.2. The van der Waals surface area contributed by atoms with E-state index in [1.54, 1.807) is 24.3 Å². The number of nitrogens with zero attached hydrogens (tertiary/aromatic N) is 3. The highest BCUT2D eigenvalue weighted by atomic mass is 16.6. The van der Waals surface area contributed by atoms with Crippen molar-refractivity contribution >= 4 is 22.7 Å². The summed E-state index contributed by atoms with van der Waals surface area (Å²) in [6.45, 7) is 0. The van der Waals surface area contributed by atoms with E-state index >= 15 is 0 Å². The summed E-state index contributed by atoms with van der Waals surface area (Å²) < 4.78 is 0.895. The average molecular weight is 296 g/mol. The molecule has 0 fully saturated rings. The monoisotopic (exact) mass is 296 g/mol. The van der Waals surface area contributed by atoms with Gasteiger partial charge in [-0.05, 0) is 29.1 Å². The standard InChI is InChI=1S/C15H11N3O4/c19-14-12-3-1-2-4-13(12)15(20)17(14)16-9-10-5-7-11(8-6-10)18(21)22/h1-9,19-20H/p-1/b16-9+. The topological polar surface area (TPSA) is 104 Å². The van der Waals surface area contributed by atoms with Crippen molar-refractivity contribution in [2.45, 2.75) is 0 Å². The maximum absolute atomic E-state index is 12.1. The second kappa shape index (κ2) is 5.21. The molecular formula is C15H10N3O4-. The molecule has 0 saturated carbocycles. The zero-order chi connectivity index (χ0) is 15.7. The van der Waals surface area contributed by atoms with Gasteiger partial charge in [-0.2, -0.15) is 5.10 Å². The SMILES string of the molecule is O=[N+]([O-])c1ccc(/C=N/n2c([O-])c3ccccc3c2O)cc1. The number of non-ortho nitro benzene ring substituents is 1. The lowest BCUT2D eigenvalue weighted by Crippen LogP contribution is -1.99. The maximum Gasteiger partial charge on any atom is 0.269 e. The molecule has 0 amide bonds. The fraction of sp³-hybridized carbons (Fsp3) is 0. The zero-order valence-electron chi connectivity index (χ0n) is 11.2. The third-order valence-electron chi connectivity index (χ3n) is 3.22. The van der Waals surface area contributed by atoms with E-state index in [4.69, 9.17) is 0 Å². The normalized spacial score (nSPS) is 11.3. The smallest absolute Gasteiger partial charge is 0.269 e. The molecule has 1 N–H and O–H groups in total. The van der Waals surface area contributed by atoms with Gasteiger partial charge in [0.25, 0.3) is 5.69 Å². The van der Waals surface area contributed by atoms with Crippen molar-refractivity contribution in [3.05, 3.63) is 64.2 Å². The number of hydrogen-bond donors (Lipinski definition) is 1. The van der Waals surface area contributed by atoms with Gasteiger partial charge in [0.2, 0.25) is 5.88 Å². The van der Waals surface area contributed by atoms with Crippen LogP contribution in [0.2, 0.25) is 0 Å². The Morgan fingerprint density at radius 1 is 1.09 bits per heavy atom. The van der Waals surface area contributed by atoms with E-state index in [1.807, 2.05) is 0 Å². The van der Waals surface area contributed by atoms with Crippen LogP contribution in [0.4, 0.5) is 5.69 Å². The number of rotatable bonds is 3. The van der Waals surface area contributed by atoms with Crippen molar-refractivity contribution in [3.63, 3.8) is 0 Å². The molecule has 0 spiro atoms. The predicted molar refractivity (Wildman–Crippen MR) is 79.1 cm³/mol. The van der Waals surface area contributed by atoms with Crippen LogP contribution in [0.3, 0.4) is 0 Å². The lowest BCUT2D eigenvalue weighted by atomic mass is 10.2. The summed E-state index contributed by atoms with van der Waals surface area (Å²) in [6.07, 6.45) is 1.35. The molecule has 0 bridgehead atoms. The van der Waals surface area contributed by atoms with Crippen LogP contribution in [-0.2, 0) is 0 Å². The number of aromatic hydroxyl groups is 1. The Labute approximate surface area is 124 Å². The van der Waals surface area contributed by atoms with Gasteiger partial charge in [0.1, 0.15) is 0 Å². The highest BCUT2D eigenvalue weighted by molar-refractivity contribution is 5.93. The minimum atomic E-state index is -0.499. The Hall–Kier alpha value is -3.35. The molecule has 0 unspecified atom stereocenters. The van der Waals surface area contributed by atoms with Crippen molar-refractivity contribution < 1.29 is 15.1 Å². The molecule has 22 heavy (non-hydrogen) atoms. The van der Waals surface area contributed by atoms with Crippen LogP contribution >= 0.6 is 0 Å². The van der Waals surface area contributed by atoms with E-state index in [2.05, 4.69) is 5.10 Å². The summed E-state index contributed by atoms with van der Waals surface area (Å²) in [4.78, 5) is 10.1. The van der Waals surface area contributed by atoms with Crippen molar-refractivity contribution in [3.8, 4) is 11.8 Å². The molecule has 1 heterocycles. The van der Waals surface area contributed by atoms with Gasteiger partial charge in [0, 0.05) is 23.4 Å². The van der Waals surface area contributed by atoms with Crippen molar-refractivity contribution in [1.82, 2.24) is 4.68 Å². The number of hydrogen-bond acceptors (Lipinski definition) is 5. The first-order valence-corrected chi connectivity index (χ1v) is 6.36. The first-order chi connectivity index (χ1) is 10.6. The van der Waals surface area contributed by atoms with Crippen LogP contribution in [0.5, 0.6) is 11.8 Å². The molecule has 3 rings (SSSR count). The Morgan fingerprint density at radius 3 is 2.32 bits per heavy atom. The first-order valence-electron chi connectivity index (χ1n) is 6.36. The largest absolute Gasteiger partial charge is 0.858 e. The molecule has 7 nitrogen and oxygen atoms in total. The van der Waals surface area contributed by atoms with Crippen molar-refractivity contribution in [2.24, 2.45) is 5.10 Å². The number of fused-ring (bicyclic) bond motifs is 1. The van der Waals surface area contributed by atoms with Crippen molar-refractivity contribution in [2.75, 3.05) is 0 Å². The fourth-order valence-electron chi connectivity index (χ4n) is 2.10. The third kappa shape index (κ3) is 2.24. The Balaban J connectivity index is 1.97. The third-order valence-corrected chi connectivity index (χ3v) is 3.22. The Bertz CT molecular complexity index is 843. The van der Waals surface area contributed by atoms with Gasteiger partial charge in [0.15, 0.2) is 0 Å². The summed E-state index contributed by atoms with van der Waals surface area (Å²) in [5, 5.41) is 37.5. The van der Waals surface area contributed by atoms with Crippen molar-refractivity contribution in [1.29, 1.82) is 0 Å². The van der Waals surface area contributed by atoms with E-state index in [9.17, 15) is 20.3 Å². The number of nitro groups is 1. The molecule has 0 saturated heterocycles. The van der Waals surface area contributed by atoms with E-state index in [1.165, 1.54) is 30.5 Å². The lowest BCUT2D eigenvalue weighted by molar-refractivity contribution is -0.384. The molecule has 7 heteroatoms. The molecule has 2 aromatic carbocycles. The summed E-state index contributed by atoms with van der Waals surface area (Å²) in [6, 6.07) is 12.3. The van der Waals surface area contributed by atoms with Crippen LogP contribution in [0.1, 0.15) is 5.56 Å². The molecule has 0 aliphatic carbocycles. The molecule has 0 atom stereocenters. The lowest BCUT2D eigenvalue weighted by Gasteiger charge is -2.07. The van der Waals surface area contributed by atoms with Gasteiger partial charge < -0.3 is 10.2 Å². The average Bonchev–Trinajstić information content (AvgIpc) is 2.78. The summed E-state index contributed by atoms with van der Waals surface area (Å²) in [7, 11) is 0. The minimum absolute atomic E-state index is 0.0313. The highest BCUT2D eigenvalue weighted by Crippen LogP contribution is 2.33. The van der Waals surface area contributed by atoms with Gasteiger partial charge >= 0.3 is 0 Å². The molecule has 0 aliphatic heterocycles. The van der Waals surface area contributed by atoms with Gasteiger partial charge in [-0.15, -0.1) is 0 Å². The first kappa shape index (κ1) is 13.6. The van der Waals surface area contributed by atoms with Gasteiger partial charge in [-0.3, -0.25) is 10.1 Å². The van der Waals surface area contributed by atoms with Gasteiger partial charge in [-0.1, -0.05) is 18.2 Å². The van der Waals surface area contributed by atoms with Gasteiger partial charge in [0.05, 0.1) is 11.1 Å². The predicted octanol–water partition coefficient (Wildman–Crippen LogP) is 2.21. The maximum atomic E-state index is 12.1. The van der Waals surface area contributed by atoms with Crippen LogP contribution in [-0.4, -0.2) is 20.9 Å². The fourth-order valence-corrected chi connectivity index (χ4v) is 2.10. The highest BCUT2D eigenvalue weighted by Gasteiger charge is 2.09. The van der Waals surface area contributed by atoms with E-state index in [-0.39, 0.29) is 11.6 Å². The van der Waals surface area contributed by atoms with Gasteiger partial charge in [-0.25, -0.2) is 4.68 Å². The second-order valence-electron chi connectivity index (χ2n) is 4.58. The van der Waals surface area contributed by atoms with E-state index in [0.29, 0.717) is 16.3 Å². The Kier molecular flexibility index (Phi) is 3.23. The molecule has 110 valence electrons. The van der Waals surface area contributed by atoms with Crippen LogP contribution in [0.25, 0.3) is 10.8 Å². The molecule has 0 radical (unpaired) electrons. The van der Waals surface area contributed by atoms with Crippen LogP contribution < -0.4 is 5.11 Å². The molecule has 3 aromatic rings. The number of aromatic nitrogens is 1. The van der Waals surface area contributed by atoms with Crippen LogP contribution in [0.15, 0.2) is 53.6 Å². The minimum Gasteiger partial charge on any atom is -0.858 e. The van der Waals surface area contributed by atoms with E-state index in [0.717, 1.165) is 4.68 Å². The number of nitro benzene ring substituents is 1. The molecule has 1 aromatic heterocycles.